The van der Waals surface area contributed by atoms with E-state index in [4.69, 9.17) is 0 Å². The predicted octanol–water partition coefficient (Wildman–Crippen LogP) is 11.2. The van der Waals surface area contributed by atoms with Crippen molar-refractivity contribution in [1.82, 2.24) is 0 Å². The van der Waals surface area contributed by atoms with Crippen molar-refractivity contribution < 1.29 is 9.59 Å². The van der Waals surface area contributed by atoms with Crippen molar-refractivity contribution in [1.29, 1.82) is 0 Å². The van der Waals surface area contributed by atoms with Crippen molar-refractivity contribution >= 4 is 11.6 Å². The second-order valence-electron chi connectivity index (χ2n) is 11.9. The van der Waals surface area contributed by atoms with Crippen LogP contribution >= 0.6 is 0 Å². The summed E-state index contributed by atoms with van der Waals surface area (Å²) in [4.78, 5) is 25.6. The molecule has 35 heavy (non-hydrogen) atoms. The Kier molecular flexibility index (Phi) is 23.3. The van der Waals surface area contributed by atoms with Crippen molar-refractivity contribution in [2.75, 3.05) is 0 Å². The predicted molar refractivity (Wildman–Crippen MR) is 155 cm³/mol. The first kappa shape index (κ1) is 34.3. The second kappa shape index (κ2) is 23.7. The van der Waals surface area contributed by atoms with Gasteiger partial charge in [-0.25, -0.2) is 0 Å². The van der Waals surface area contributed by atoms with Crippen LogP contribution in [0, 0.1) is 11.3 Å². The molecule has 0 amide bonds. The summed E-state index contributed by atoms with van der Waals surface area (Å²) < 4.78 is 0. The van der Waals surface area contributed by atoms with Crippen LogP contribution in [0.5, 0.6) is 0 Å². The number of unbranched alkanes of at least 4 members (excludes halogenated alkanes) is 20. The number of Topliss-reactive ketones (excluding diaryl/α,β-unsaturated/α-hetero) is 2. The maximum atomic E-state index is 12.9. The van der Waals surface area contributed by atoms with Crippen molar-refractivity contribution in [2.24, 2.45) is 11.3 Å². The van der Waals surface area contributed by atoms with Crippen molar-refractivity contribution in [2.45, 2.75) is 189 Å². The van der Waals surface area contributed by atoms with Gasteiger partial charge in [-0.15, -0.1) is 0 Å². The second-order valence-corrected chi connectivity index (χ2v) is 11.9. The van der Waals surface area contributed by atoms with E-state index in [1.807, 2.05) is 20.8 Å². The van der Waals surface area contributed by atoms with Gasteiger partial charge in [-0.2, -0.15) is 0 Å². The summed E-state index contributed by atoms with van der Waals surface area (Å²) in [6, 6.07) is 0. The number of rotatable bonds is 27. The average Bonchev–Trinajstić information content (AvgIpc) is 2.84. The van der Waals surface area contributed by atoms with Gasteiger partial charge in [0.05, 0.1) is 0 Å². The monoisotopic (exact) mass is 492 g/mol. The summed E-state index contributed by atoms with van der Waals surface area (Å²) in [5.41, 5.74) is -0.520. The Morgan fingerprint density at radius 3 is 1.11 bits per heavy atom. The van der Waals surface area contributed by atoms with Crippen LogP contribution in [0.3, 0.4) is 0 Å². The smallest absolute Gasteiger partial charge is 0.139 e. The standard InChI is InChI=1S/C33H64O2/c1-6-8-10-12-14-16-18-20-22-24-26-28-31(34)30(3)33(4,5)32(35)29-27-25-23-21-19-17-15-13-11-9-7-2/h30H,6-29H2,1-5H3. The van der Waals surface area contributed by atoms with Crippen LogP contribution in [-0.2, 0) is 9.59 Å². The molecule has 0 saturated carbocycles. The van der Waals surface area contributed by atoms with Gasteiger partial charge in [-0.05, 0) is 12.8 Å². The number of hydrogen-bond acceptors (Lipinski definition) is 2. The molecule has 1 unspecified atom stereocenters. The summed E-state index contributed by atoms with van der Waals surface area (Å²) in [6.45, 7) is 10.5. The van der Waals surface area contributed by atoms with Crippen LogP contribution in [0.1, 0.15) is 189 Å². The van der Waals surface area contributed by atoms with E-state index in [1.54, 1.807) is 0 Å². The lowest BCUT2D eigenvalue weighted by atomic mass is 9.72. The maximum absolute atomic E-state index is 12.9. The molecule has 2 nitrogen and oxygen atoms in total. The third-order valence-electron chi connectivity index (χ3n) is 8.32. The minimum absolute atomic E-state index is 0.161. The lowest BCUT2D eigenvalue weighted by Crippen LogP contribution is -2.36. The van der Waals surface area contributed by atoms with Gasteiger partial charge in [-0.1, -0.05) is 163 Å². The fourth-order valence-electron chi connectivity index (χ4n) is 5.10. The normalized spacial score (nSPS) is 12.7. The quantitative estimate of drug-likeness (QED) is 0.107. The van der Waals surface area contributed by atoms with Gasteiger partial charge in [0.25, 0.3) is 0 Å². The molecule has 0 spiro atoms. The van der Waals surface area contributed by atoms with E-state index in [2.05, 4.69) is 13.8 Å². The lowest BCUT2D eigenvalue weighted by molar-refractivity contribution is -0.137. The van der Waals surface area contributed by atoms with Crippen LogP contribution < -0.4 is 0 Å². The van der Waals surface area contributed by atoms with E-state index in [-0.39, 0.29) is 11.7 Å². The molecule has 0 bridgehead atoms. The Hall–Kier alpha value is -0.660. The van der Waals surface area contributed by atoms with Gasteiger partial charge in [0.1, 0.15) is 11.6 Å². The molecule has 0 fully saturated rings. The van der Waals surface area contributed by atoms with E-state index in [9.17, 15) is 9.59 Å². The molecule has 1 atom stereocenters. The molecule has 0 aliphatic heterocycles. The lowest BCUT2D eigenvalue weighted by Gasteiger charge is -2.29. The Bertz CT molecular complexity index is 493. The van der Waals surface area contributed by atoms with E-state index in [1.165, 1.54) is 116 Å². The third-order valence-corrected chi connectivity index (χ3v) is 8.32. The maximum Gasteiger partial charge on any atom is 0.139 e. The zero-order valence-corrected chi connectivity index (χ0v) is 24.9. The zero-order valence-electron chi connectivity index (χ0n) is 24.9. The van der Waals surface area contributed by atoms with Crippen LogP contribution in [0.15, 0.2) is 0 Å². The summed E-state index contributed by atoms with van der Waals surface area (Å²) in [5, 5.41) is 0. The van der Waals surface area contributed by atoms with Crippen LogP contribution in [-0.4, -0.2) is 11.6 Å². The summed E-state index contributed by atoms with van der Waals surface area (Å²) in [5.74, 6) is 0.414. The first-order chi connectivity index (χ1) is 16.9. The fraction of sp³-hybridized carbons (Fsp3) is 0.939. The van der Waals surface area contributed by atoms with Gasteiger partial charge in [-0.3, -0.25) is 9.59 Å². The molecular weight excluding hydrogens is 428 g/mol. The van der Waals surface area contributed by atoms with Gasteiger partial charge in [0.2, 0.25) is 0 Å². The number of carbonyl (C=O) groups excluding carboxylic acids is 2. The molecule has 2 heteroatoms. The Labute approximate surface area is 221 Å². The molecule has 0 aliphatic carbocycles. The summed E-state index contributed by atoms with van der Waals surface area (Å²) >= 11 is 0. The minimum Gasteiger partial charge on any atom is -0.299 e. The first-order valence-electron chi connectivity index (χ1n) is 15.9. The topological polar surface area (TPSA) is 34.1 Å². The fourth-order valence-corrected chi connectivity index (χ4v) is 5.10. The molecule has 0 aromatic carbocycles. The van der Waals surface area contributed by atoms with E-state index >= 15 is 0 Å². The molecule has 0 heterocycles. The Morgan fingerprint density at radius 1 is 0.486 bits per heavy atom. The van der Waals surface area contributed by atoms with Crippen LogP contribution in [0.4, 0.5) is 0 Å². The van der Waals surface area contributed by atoms with Crippen molar-refractivity contribution in [3.8, 4) is 0 Å². The molecule has 0 N–H and O–H groups in total. The van der Waals surface area contributed by atoms with Gasteiger partial charge in [0.15, 0.2) is 0 Å². The minimum atomic E-state index is -0.520. The van der Waals surface area contributed by atoms with Gasteiger partial charge in [0, 0.05) is 24.2 Å². The van der Waals surface area contributed by atoms with Crippen molar-refractivity contribution in [3.05, 3.63) is 0 Å². The summed E-state index contributed by atoms with van der Waals surface area (Å²) in [7, 11) is 0. The number of ketones is 2. The number of carbonyl (C=O) groups is 2. The Balaban J connectivity index is 3.80. The molecule has 0 aromatic heterocycles. The summed E-state index contributed by atoms with van der Waals surface area (Å²) in [6.07, 6.45) is 29.9. The third kappa shape index (κ3) is 19.2. The molecule has 0 aromatic rings. The molecule has 0 saturated heterocycles. The SMILES string of the molecule is CCCCCCCCCCCCCC(=O)C(C)C(C)(C)C(=O)CCCCCCCCCCCCC. The highest BCUT2D eigenvalue weighted by Gasteiger charge is 2.36. The molecule has 0 rings (SSSR count). The van der Waals surface area contributed by atoms with E-state index in [0.29, 0.717) is 18.6 Å². The van der Waals surface area contributed by atoms with Crippen molar-refractivity contribution in [3.63, 3.8) is 0 Å². The zero-order chi connectivity index (χ0) is 26.2. The highest BCUT2D eigenvalue weighted by molar-refractivity contribution is 5.91. The van der Waals surface area contributed by atoms with Gasteiger partial charge >= 0.3 is 0 Å². The Morgan fingerprint density at radius 2 is 0.771 bits per heavy atom. The molecular formula is C33H64O2. The largest absolute Gasteiger partial charge is 0.299 e. The number of hydrogen-bond donors (Lipinski definition) is 0. The molecule has 0 radical (unpaired) electrons. The van der Waals surface area contributed by atoms with Gasteiger partial charge < -0.3 is 0 Å². The average molecular weight is 493 g/mol. The van der Waals surface area contributed by atoms with E-state index < -0.39 is 5.41 Å². The van der Waals surface area contributed by atoms with Crippen LogP contribution in [0.25, 0.3) is 0 Å². The first-order valence-corrected chi connectivity index (χ1v) is 15.9. The van der Waals surface area contributed by atoms with Crippen LogP contribution in [0.2, 0.25) is 0 Å². The highest BCUT2D eigenvalue weighted by Crippen LogP contribution is 2.32. The molecule has 208 valence electrons. The highest BCUT2D eigenvalue weighted by atomic mass is 16.1. The van der Waals surface area contributed by atoms with E-state index in [0.717, 1.165) is 25.7 Å². The molecule has 0 aliphatic rings.